The summed E-state index contributed by atoms with van der Waals surface area (Å²) in [5.74, 6) is 1.67. The number of nitrogens with one attached hydrogen (secondary N) is 1. The molecule has 0 spiro atoms. The van der Waals surface area contributed by atoms with Gasteiger partial charge >= 0.3 is 0 Å². The number of carbonyl (C=O) groups is 1. The number of amides is 1. The van der Waals surface area contributed by atoms with Crippen LogP contribution in [0.3, 0.4) is 0 Å². The second-order valence-corrected chi connectivity index (χ2v) is 8.03. The van der Waals surface area contributed by atoms with Crippen LogP contribution in [0.25, 0.3) is 0 Å². The van der Waals surface area contributed by atoms with Crippen molar-refractivity contribution in [1.82, 2.24) is 10.2 Å². The molecule has 4 heteroatoms. The Kier molecular flexibility index (Phi) is 7.10. The predicted octanol–water partition coefficient (Wildman–Crippen LogP) is 4.34. The highest BCUT2D eigenvalue weighted by molar-refractivity contribution is 5.94. The van der Waals surface area contributed by atoms with E-state index in [1.807, 2.05) is 31.2 Å². The van der Waals surface area contributed by atoms with Crippen molar-refractivity contribution < 1.29 is 9.53 Å². The molecule has 1 N–H and O–H groups in total. The molecular formula is C24H32N2O2. The molecule has 28 heavy (non-hydrogen) atoms. The minimum atomic E-state index is -0.0532. The van der Waals surface area contributed by atoms with Crippen molar-refractivity contribution in [3.63, 3.8) is 0 Å². The van der Waals surface area contributed by atoms with E-state index in [1.54, 1.807) is 0 Å². The van der Waals surface area contributed by atoms with Gasteiger partial charge in [-0.05, 0) is 75.0 Å². The molecule has 1 saturated heterocycles. The molecular weight excluding hydrogens is 348 g/mol. The fraction of sp³-hybridized carbons (Fsp3) is 0.458. The van der Waals surface area contributed by atoms with E-state index in [0.29, 0.717) is 18.7 Å². The van der Waals surface area contributed by atoms with E-state index < -0.39 is 0 Å². The van der Waals surface area contributed by atoms with Crippen LogP contribution in [-0.4, -0.2) is 37.0 Å². The Morgan fingerprint density at radius 1 is 1.11 bits per heavy atom. The average molecular weight is 381 g/mol. The van der Waals surface area contributed by atoms with Crippen LogP contribution in [0.2, 0.25) is 0 Å². The average Bonchev–Trinajstić information content (AvgIpc) is 2.69. The van der Waals surface area contributed by atoms with Gasteiger partial charge in [-0.2, -0.15) is 0 Å². The minimum absolute atomic E-state index is 0.0532. The van der Waals surface area contributed by atoms with Crippen LogP contribution in [-0.2, 0) is 6.54 Å². The molecule has 1 amide bonds. The lowest BCUT2D eigenvalue weighted by atomic mass is 9.99. The lowest BCUT2D eigenvalue weighted by Crippen LogP contribution is -2.32. The Balaban J connectivity index is 1.41. The molecule has 2 aromatic carbocycles. The molecule has 1 fully saturated rings. The Hall–Kier alpha value is -2.33. The summed E-state index contributed by atoms with van der Waals surface area (Å²) in [4.78, 5) is 14.8. The summed E-state index contributed by atoms with van der Waals surface area (Å²) in [6.45, 7) is 10.7. The maximum atomic E-state index is 12.3. The molecule has 0 unspecified atom stereocenters. The molecule has 3 rings (SSSR count). The van der Waals surface area contributed by atoms with Gasteiger partial charge in [-0.1, -0.05) is 36.8 Å². The monoisotopic (exact) mass is 380 g/mol. The number of benzene rings is 2. The van der Waals surface area contributed by atoms with Crippen LogP contribution in [0.4, 0.5) is 0 Å². The van der Waals surface area contributed by atoms with Gasteiger partial charge in [0.1, 0.15) is 12.4 Å². The van der Waals surface area contributed by atoms with Crippen molar-refractivity contribution in [3.05, 3.63) is 64.7 Å². The van der Waals surface area contributed by atoms with E-state index in [2.05, 4.69) is 42.3 Å². The van der Waals surface area contributed by atoms with E-state index in [1.165, 1.54) is 37.1 Å². The van der Waals surface area contributed by atoms with Gasteiger partial charge in [0.15, 0.2) is 0 Å². The topological polar surface area (TPSA) is 41.6 Å². The van der Waals surface area contributed by atoms with Gasteiger partial charge in [-0.25, -0.2) is 0 Å². The van der Waals surface area contributed by atoms with Gasteiger partial charge in [0.05, 0.1) is 6.54 Å². The quantitative estimate of drug-likeness (QED) is 0.727. The van der Waals surface area contributed by atoms with Crippen LogP contribution >= 0.6 is 0 Å². The molecule has 0 saturated carbocycles. The zero-order chi connectivity index (χ0) is 19.9. The standard InChI is InChI=1S/C24H32N2O2/c1-18-10-13-26(14-11-18)17-21-5-7-22(8-6-21)24(27)25-12-15-28-23-9-4-19(2)16-20(23)3/h4-9,16,18H,10-15,17H2,1-3H3,(H,25,27). The first-order valence-electron chi connectivity index (χ1n) is 10.3. The number of aryl methyl sites for hydroxylation is 2. The highest BCUT2D eigenvalue weighted by atomic mass is 16.5. The first-order valence-corrected chi connectivity index (χ1v) is 10.3. The maximum absolute atomic E-state index is 12.3. The van der Waals surface area contributed by atoms with E-state index >= 15 is 0 Å². The first-order chi connectivity index (χ1) is 13.5. The van der Waals surface area contributed by atoms with E-state index in [9.17, 15) is 4.79 Å². The number of hydrogen-bond donors (Lipinski definition) is 1. The second kappa shape index (κ2) is 9.74. The lowest BCUT2D eigenvalue weighted by Gasteiger charge is -2.30. The lowest BCUT2D eigenvalue weighted by molar-refractivity contribution is 0.0947. The molecule has 1 aliphatic rings. The van der Waals surface area contributed by atoms with Crippen LogP contribution in [0.15, 0.2) is 42.5 Å². The Labute approximate surface area is 168 Å². The summed E-state index contributed by atoms with van der Waals surface area (Å²) in [6, 6.07) is 14.1. The second-order valence-electron chi connectivity index (χ2n) is 8.03. The fourth-order valence-electron chi connectivity index (χ4n) is 3.63. The third-order valence-corrected chi connectivity index (χ3v) is 5.47. The first kappa shape index (κ1) is 20.4. The molecule has 0 atom stereocenters. The maximum Gasteiger partial charge on any atom is 0.251 e. The molecule has 2 aromatic rings. The number of piperidine rings is 1. The number of rotatable bonds is 7. The fourth-order valence-corrected chi connectivity index (χ4v) is 3.63. The zero-order valence-corrected chi connectivity index (χ0v) is 17.3. The van der Waals surface area contributed by atoms with Gasteiger partial charge in [-0.3, -0.25) is 9.69 Å². The van der Waals surface area contributed by atoms with E-state index in [0.717, 1.165) is 23.8 Å². The summed E-state index contributed by atoms with van der Waals surface area (Å²) in [6.07, 6.45) is 2.56. The smallest absolute Gasteiger partial charge is 0.251 e. The molecule has 0 radical (unpaired) electrons. The van der Waals surface area contributed by atoms with Gasteiger partial charge in [0, 0.05) is 12.1 Å². The summed E-state index contributed by atoms with van der Waals surface area (Å²) < 4.78 is 5.77. The predicted molar refractivity (Wildman–Crippen MR) is 114 cm³/mol. The highest BCUT2D eigenvalue weighted by Gasteiger charge is 2.15. The summed E-state index contributed by atoms with van der Waals surface area (Å²) >= 11 is 0. The largest absolute Gasteiger partial charge is 0.491 e. The van der Waals surface area contributed by atoms with Crippen LogP contribution in [0, 0.1) is 19.8 Å². The van der Waals surface area contributed by atoms with Crippen molar-refractivity contribution in [3.8, 4) is 5.75 Å². The molecule has 0 aliphatic carbocycles. The summed E-state index contributed by atoms with van der Waals surface area (Å²) in [7, 11) is 0. The van der Waals surface area contributed by atoms with Crippen molar-refractivity contribution in [2.45, 2.75) is 40.2 Å². The van der Waals surface area contributed by atoms with Crippen LogP contribution < -0.4 is 10.1 Å². The summed E-state index contributed by atoms with van der Waals surface area (Å²) in [5.41, 5.74) is 4.30. The minimum Gasteiger partial charge on any atom is -0.491 e. The van der Waals surface area contributed by atoms with E-state index in [4.69, 9.17) is 4.74 Å². The molecule has 150 valence electrons. The number of ether oxygens (including phenoxy) is 1. The molecule has 4 nitrogen and oxygen atoms in total. The number of nitrogens with zero attached hydrogens (tertiary/aromatic N) is 1. The van der Waals surface area contributed by atoms with Crippen LogP contribution in [0.5, 0.6) is 5.75 Å². The van der Waals surface area contributed by atoms with Crippen molar-refractivity contribution in [2.75, 3.05) is 26.2 Å². The SMILES string of the molecule is Cc1ccc(OCCNC(=O)c2ccc(CN3CCC(C)CC3)cc2)c(C)c1. The van der Waals surface area contributed by atoms with E-state index in [-0.39, 0.29) is 5.91 Å². The number of carbonyl (C=O) groups excluding carboxylic acids is 1. The number of hydrogen-bond acceptors (Lipinski definition) is 3. The van der Waals surface area contributed by atoms with Gasteiger partial charge < -0.3 is 10.1 Å². The molecule has 0 bridgehead atoms. The zero-order valence-electron chi connectivity index (χ0n) is 17.3. The Morgan fingerprint density at radius 3 is 2.50 bits per heavy atom. The van der Waals surface area contributed by atoms with Gasteiger partial charge in [0.2, 0.25) is 0 Å². The van der Waals surface area contributed by atoms with Crippen molar-refractivity contribution in [2.24, 2.45) is 5.92 Å². The van der Waals surface area contributed by atoms with Crippen LogP contribution in [0.1, 0.15) is 46.8 Å². The normalized spacial score (nSPS) is 15.4. The highest BCUT2D eigenvalue weighted by Crippen LogP contribution is 2.19. The summed E-state index contributed by atoms with van der Waals surface area (Å²) in [5, 5.41) is 2.93. The van der Waals surface area contributed by atoms with Crippen molar-refractivity contribution in [1.29, 1.82) is 0 Å². The third kappa shape index (κ3) is 5.83. The molecule has 0 aromatic heterocycles. The number of likely N-dealkylation sites (tertiary alicyclic amines) is 1. The van der Waals surface area contributed by atoms with Gasteiger partial charge in [-0.15, -0.1) is 0 Å². The Morgan fingerprint density at radius 2 is 1.82 bits per heavy atom. The van der Waals surface area contributed by atoms with Crippen molar-refractivity contribution >= 4 is 5.91 Å². The van der Waals surface area contributed by atoms with Gasteiger partial charge in [0.25, 0.3) is 5.91 Å². The Bertz CT molecular complexity index is 778. The third-order valence-electron chi connectivity index (χ3n) is 5.47. The molecule has 1 heterocycles. The molecule has 1 aliphatic heterocycles.